The number of hydrazone groups is 1. The number of carbonyl (C=O) groups excluding carboxylic acids is 1. The van der Waals surface area contributed by atoms with Crippen LogP contribution in [0.4, 0.5) is 0 Å². The maximum Gasteiger partial charge on any atom is 0.280 e. The summed E-state index contributed by atoms with van der Waals surface area (Å²) < 4.78 is 17.5. The maximum atomic E-state index is 13.2. The molecule has 3 rings (SSSR count). The first-order valence-electron chi connectivity index (χ1n) is 10.9. The first kappa shape index (κ1) is 24.6. The third-order valence-electron chi connectivity index (χ3n) is 5.44. The molecule has 1 aromatic heterocycles. The number of aromatic hydroxyl groups is 1. The smallest absolute Gasteiger partial charge is 0.280 e. The number of rotatable bonds is 10. The summed E-state index contributed by atoms with van der Waals surface area (Å²) in [5.41, 5.74) is 2.47. The minimum Gasteiger partial charge on any atom is -0.506 e. The van der Waals surface area contributed by atoms with Crippen molar-refractivity contribution in [3.05, 3.63) is 57.9 Å². The average molecular weight is 468 g/mol. The largest absolute Gasteiger partial charge is 0.506 e. The molecule has 0 saturated heterocycles. The number of nitrogens with one attached hydrogen (secondary N) is 1. The van der Waals surface area contributed by atoms with Crippen molar-refractivity contribution in [2.24, 2.45) is 5.10 Å². The van der Waals surface area contributed by atoms with Crippen LogP contribution in [-0.4, -0.2) is 43.1 Å². The van der Waals surface area contributed by atoms with Crippen molar-refractivity contribution in [1.82, 2.24) is 9.99 Å². The fourth-order valence-electron chi connectivity index (χ4n) is 3.73. The third-order valence-corrected chi connectivity index (χ3v) is 5.44. The Labute approximate surface area is 197 Å². The Morgan fingerprint density at radius 1 is 1.12 bits per heavy atom. The highest BCUT2D eigenvalue weighted by molar-refractivity contribution is 6.02. The predicted molar refractivity (Wildman–Crippen MR) is 131 cm³/mol. The van der Waals surface area contributed by atoms with E-state index in [-0.39, 0.29) is 11.3 Å². The van der Waals surface area contributed by atoms with Crippen molar-refractivity contribution in [3.63, 3.8) is 0 Å². The van der Waals surface area contributed by atoms with Gasteiger partial charge in [0.15, 0.2) is 11.5 Å². The summed E-state index contributed by atoms with van der Waals surface area (Å²) in [6.45, 7) is 2.51. The molecule has 34 heavy (non-hydrogen) atoms. The minimum absolute atomic E-state index is 0.359. The molecular weight excluding hydrogens is 438 g/mol. The predicted octanol–water partition coefficient (Wildman–Crippen LogP) is 3.69. The Hall–Kier alpha value is -4.01. The first-order valence-corrected chi connectivity index (χ1v) is 10.9. The Kier molecular flexibility index (Phi) is 8.13. The molecule has 0 aliphatic heterocycles. The van der Waals surface area contributed by atoms with Crippen LogP contribution >= 0.6 is 0 Å². The zero-order valence-electron chi connectivity index (χ0n) is 19.8. The van der Waals surface area contributed by atoms with Crippen molar-refractivity contribution in [1.29, 1.82) is 0 Å². The van der Waals surface area contributed by atoms with Gasteiger partial charge in [-0.15, -0.1) is 0 Å². The van der Waals surface area contributed by atoms with Crippen LogP contribution in [0.5, 0.6) is 23.0 Å². The minimum atomic E-state index is -0.817. The first-order chi connectivity index (χ1) is 16.5. The van der Waals surface area contributed by atoms with Gasteiger partial charge in [-0.25, -0.2) is 5.43 Å². The van der Waals surface area contributed by atoms with Crippen LogP contribution in [-0.2, 0) is 6.54 Å². The van der Waals surface area contributed by atoms with E-state index in [0.717, 1.165) is 19.3 Å². The lowest BCUT2D eigenvalue weighted by molar-refractivity contribution is 0.0950. The van der Waals surface area contributed by atoms with Gasteiger partial charge < -0.3 is 23.9 Å². The molecule has 1 heterocycles. The van der Waals surface area contributed by atoms with E-state index in [4.69, 9.17) is 14.2 Å². The molecular formula is C25H29N3O6. The van der Waals surface area contributed by atoms with E-state index >= 15 is 0 Å². The molecule has 1 amide bonds. The van der Waals surface area contributed by atoms with Crippen molar-refractivity contribution >= 4 is 23.0 Å². The molecule has 0 radical (unpaired) electrons. The highest BCUT2D eigenvalue weighted by atomic mass is 16.5. The topological polar surface area (TPSA) is 111 Å². The number of hydrogen-bond donors (Lipinski definition) is 2. The van der Waals surface area contributed by atoms with Crippen molar-refractivity contribution in [2.45, 2.75) is 32.7 Å². The fourth-order valence-corrected chi connectivity index (χ4v) is 3.73. The maximum absolute atomic E-state index is 13.2. The van der Waals surface area contributed by atoms with Crippen LogP contribution in [0.15, 0.2) is 46.3 Å². The third kappa shape index (κ3) is 4.98. The highest BCUT2D eigenvalue weighted by Crippen LogP contribution is 2.34. The van der Waals surface area contributed by atoms with E-state index in [1.807, 2.05) is 0 Å². The molecule has 2 N–H and O–H groups in total. The van der Waals surface area contributed by atoms with E-state index in [1.54, 1.807) is 36.4 Å². The lowest BCUT2D eigenvalue weighted by Gasteiger charge is -2.14. The lowest BCUT2D eigenvalue weighted by Crippen LogP contribution is -2.31. The number of benzene rings is 2. The number of ether oxygens (including phenoxy) is 3. The van der Waals surface area contributed by atoms with E-state index in [9.17, 15) is 14.7 Å². The second-order valence-electron chi connectivity index (χ2n) is 7.56. The van der Waals surface area contributed by atoms with E-state index in [0.29, 0.717) is 40.3 Å². The van der Waals surface area contributed by atoms with Gasteiger partial charge in [0.25, 0.3) is 11.5 Å². The van der Waals surface area contributed by atoms with Gasteiger partial charge in [0, 0.05) is 23.6 Å². The summed E-state index contributed by atoms with van der Waals surface area (Å²) in [7, 11) is 4.49. The summed E-state index contributed by atoms with van der Waals surface area (Å²) >= 11 is 0. The number of pyridine rings is 1. The van der Waals surface area contributed by atoms with Crippen LogP contribution in [0.1, 0.15) is 42.1 Å². The monoisotopic (exact) mass is 467 g/mol. The summed E-state index contributed by atoms with van der Waals surface area (Å²) in [5, 5.41) is 15.1. The number of carbonyl (C=O) groups is 1. The molecule has 9 heteroatoms. The quantitative estimate of drug-likeness (QED) is 0.267. The number of unbranched alkanes of at least 4 members (excludes halogenated alkanes) is 2. The molecule has 0 unspecified atom stereocenters. The van der Waals surface area contributed by atoms with Gasteiger partial charge in [0.05, 0.1) is 33.1 Å². The molecule has 2 aromatic carbocycles. The van der Waals surface area contributed by atoms with Crippen molar-refractivity contribution in [3.8, 4) is 23.0 Å². The molecule has 0 aliphatic carbocycles. The molecule has 0 aliphatic rings. The van der Waals surface area contributed by atoms with Gasteiger partial charge >= 0.3 is 0 Å². The van der Waals surface area contributed by atoms with Crippen molar-refractivity contribution in [2.75, 3.05) is 21.3 Å². The summed E-state index contributed by atoms with van der Waals surface area (Å²) in [5.74, 6) is 0.140. The van der Waals surface area contributed by atoms with Crippen LogP contribution in [0.3, 0.4) is 0 Å². The standard InChI is InChI=1S/C25H29N3O6/c1-5-6-9-12-28-19-11-8-7-10-18(19)22(29)21(25(28)31)24(30)27-26-15-16-13-17(32-2)14-20(33-3)23(16)34-4/h7-8,10-11,13-15,29H,5-6,9,12H2,1-4H3,(H,27,30)/b26-15+. The second kappa shape index (κ2) is 11.2. The van der Waals surface area contributed by atoms with E-state index < -0.39 is 11.5 Å². The number of para-hydroxylation sites is 1. The number of aromatic nitrogens is 1. The normalized spacial score (nSPS) is 11.1. The van der Waals surface area contributed by atoms with E-state index in [1.165, 1.54) is 32.1 Å². The average Bonchev–Trinajstić information content (AvgIpc) is 2.85. The number of amides is 1. The Morgan fingerprint density at radius 3 is 2.56 bits per heavy atom. The van der Waals surface area contributed by atoms with Gasteiger partial charge in [-0.1, -0.05) is 31.9 Å². The van der Waals surface area contributed by atoms with Crippen molar-refractivity contribution < 1.29 is 24.1 Å². The summed E-state index contributed by atoms with van der Waals surface area (Å²) in [6.07, 6.45) is 4.06. The molecule has 9 nitrogen and oxygen atoms in total. The number of hydrogen-bond acceptors (Lipinski definition) is 7. The molecule has 3 aromatic rings. The van der Waals surface area contributed by atoms with Gasteiger partial charge in [0.2, 0.25) is 0 Å². The highest BCUT2D eigenvalue weighted by Gasteiger charge is 2.22. The van der Waals surface area contributed by atoms with Gasteiger partial charge in [-0.2, -0.15) is 5.10 Å². The molecule has 0 atom stereocenters. The summed E-state index contributed by atoms with van der Waals surface area (Å²) in [4.78, 5) is 26.1. The van der Waals surface area contributed by atoms with Crippen LogP contribution in [0.25, 0.3) is 10.9 Å². The van der Waals surface area contributed by atoms with Crippen LogP contribution in [0.2, 0.25) is 0 Å². The molecule has 0 saturated carbocycles. The van der Waals surface area contributed by atoms with Gasteiger partial charge in [-0.05, 0) is 24.6 Å². The Morgan fingerprint density at radius 2 is 1.88 bits per heavy atom. The Balaban J connectivity index is 1.97. The molecule has 180 valence electrons. The molecule has 0 fully saturated rings. The van der Waals surface area contributed by atoms with Gasteiger partial charge in [-0.3, -0.25) is 9.59 Å². The zero-order valence-corrected chi connectivity index (χ0v) is 19.8. The zero-order chi connectivity index (χ0) is 24.7. The van der Waals surface area contributed by atoms with Crippen LogP contribution < -0.4 is 25.2 Å². The number of aryl methyl sites for hydroxylation is 1. The Bertz CT molecular complexity index is 1270. The summed E-state index contributed by atoms with van der Waals surface area (Å²) in [6, 6.07) is 10.3. The number of fused-ring (bicyclic) bond motifs is 1. The van der Waals surface area contributed by atoms with E-state index in [2.05, 4.69) is 17.5 Å². The van der Waals surface area contributed by atoms with Crippen LogP contribution in [0, 0.1) is 0 Å². The molecule has 0 bridgehead atoms. The number of methoxy groups -OCH3 is 3. The number of nitrogens with zero attached hydrogens (tertiary/aromatic N) is 2. The molecule has 0 spiro atoms. The second-order valence-corrected chi connectivity index (χ2v) is 7.56. The lowest BCUT2D eigenvalue weighted by atomic mass is 10.1. The fraction of sp³-hybridized carbons (Fsp3) is 0.320. The van der Waals surface area contributed by atoms with Gasteiger partial charge in [0.1, 0.15) is 17.1 Å². The SMILES string of the molecule is CCCCCn1c(=O)c(C(=O)N/N=C/c2cc(OC)cc(OC)c2OC)c(O)c2ccccc21.